The van der Waals surface area contributed by atoms with Crippen LogP contribution in [0.15, 0.2) is 54.7 Å². The minimum Gasteiger partial charge on any atom is -0.497 e. The Hall–Kier alpha value is -3.08. The Morgan fingerprint density at radius 3 is 2.43 bits per heavy atom. The molecule has 0 unspecified atom stereocenters. The number of imidazole rings is 1. The molecule has 0 atom stereocenters. The van der Waals surface area contributed by atoms with Crippen LogP contribution in [-0.4, -0.2) is 28.6 Å². The normalized spacial score (nSPS) is 11.0. The molecular formula is C18H15N3O2. The Labute approximate surface area is 133 Å². The SMILES string of the molecule is COc1ccc(-c2cnc3c(OC)nc4ccccc4n23)cc1. The lowest BCUT2D eigenvalue weighted by atomic mass is 10.1. The number of nitrogens with zero attached hydrogens (tertiary/aromatic N) is 3. The second-order valence-corrected chi connectivity index (χ2v) is 5.14. The van der Waals surface area contributed by atoms with E-state index in [1.54, 1.807) is 14.2 Å². The molecule has 0 saturated heterocycles. The maximum absolute atomic E-state index is 5.41. The Morgan fingerprint density at radius 2 is 1.70 bits per heavy atom. The number of hydrogen-bond donors (Lipinski definition) is 0. The fourth-order valence-electron chi connectivity index (χ4n) is 2.76. The summed E-state index contributed by atoms with van der Waals surface area (Å²) in [6.45, 7) is 0. The van der Waals surface area contributed by atoms with Crippen molar-refractivity contribution in [1.82, 2.24) is 14.4 Å². The van der Waals surface area contributed by atoms with Gasteiger partial charge in [-0.1, -0.05) is 12.1 Å². The molecule has 114 valence electrons. The van der Waals surface area contributed by atoms with Gasteiger partial charge < -0.3 is 9.47 Å². The van der Waals surface area contributed by atoms with Crippen LogP contribution in [0.3, 0.4) is 0 Å². The second kappa shape index (κ2) is 5.28. The number of fused-ring (bicyclic) bond motifs is 3. The highest BCUT2D eigenvalue weighted by atomic mass is 16.5. The summed E-state index contributed by atoms with van der Waals surface area (Å²) in [6, 6.07) is 15.9. The Bertz CT molecular complexity index is 990. The molecule has 4 aromatic rings. The van der Waals surface area contributed by atoms with Crippen molar-refractivity contribution in [3.05, 3.63) is 54.7 Å². The highest BCUT2D eigenvalue weighted by Crippen LogP contribution is 2.29. The number of rotatable bonds is 3. The van der Waals surface area contributed by atoms with Crippen molar-refractivity contribution in [2.24, 2.45) is 0 Å². The predicted octanol–water partition coefficient (Wildman–Crippen LogP) is 3.57. The van der Waals surface area contributed by atoms with Crippen molar-refractivity contribution < 1.29 is 9.47 Å². The molecule has 23 heavy (non-hydrogen) atoms. The van der Waals surface area contributed by atoms with Crippen LogP contribution in [0.4, 0.5) is 0 Å². The number of benzene rings is 2. The molecule has 5 nitrogen and oxygen atoms in total. The number of ether oxygens (including phenoxy) is 2. The first-order chi connectivity index (χ1) is 11.3. The van der Waals surface area contributed by atoms with E-state index in [0.717, 1.165) is 28.0 Å². The van der Waals surface area contributed by atoms with E-state index in [4.69, 9.17) is 9.47 Å². The van der Waals surface area contributed by atoms with E-state index in [2.05, 4.69) is 14.4 Å². The van der Waals surface area contributed by atoms with Gasteiger partial charge in [-0.25, -0.2) is 9.97 Å². The average Bonchev–Trinajstić information content (AvgIpc) is 3.06. The van der Waals surface area contributed by atoms with Gasteiger partial charge in [0.15, 0.2) is 0 Å². The average molecular weight is 305 g/mol. The molecule has 0 saturated carbocycles. The van der Waals surface area contributed by atoms with Crippen LogP contribution >= 0.6 is 0 Å². The Kier molecular flexibility index (Phi) is 3.12. The van der Waals surface area contributed by atoms with Crippen LogP contribution in [0.2, 0.25) is 0 Å². The third kappa shape index (κ3) is 2.09. The lowest BCUT2D eigenvalue weighted by Gasteiger charge is -2.09. The molecule has 0 aliphatic rings. The molecular weight excluding hydrogens is 290 g/mol. The lowest BCUT2D eigenvalue weighted by molar-refractivity contribution is 0.402. The van der Waals surface area contributed by atoms with E-state index in [1.165, 1.54) is 0 Å². The van der Waals surface area contributed by atoms with E-state index < -0.39 is 0 Å². The summed E-state index contributed by atoms with van der Waals surface area (Å²) in [6.07, 6.45) is 1.84. The molecule has 2 heterocycles. The zero-order valence-electron chi connectivity index (χ0n) is 12.9. The van der Waals surface area contributed by atoms with Crippen LogP contribution in [0.1, 0.15) is 0 Å². The van der Waals surface area contributed by atoms with Crippen molar-refractivity contribution in [3.8, 4) is 22.9 Å². The number of para-hydroxylation sites is 2. The van der Waals surface area contributed by atoms with E-state index in [9.17, 15) is 0 Å². The maximum Gasteiger partial charge on any atom is 0.258 e. The molecule has 0 aliphatic carbocycles. The fourth-order valence-corrected chi connectivity index (χ4v) is 2.76. The summed E-state index contributed by atoms with van der Waals surface area (Å²) in [5, 5.41) is 0. The van der Waals surface area contributed by atoms with Gasteiger partial charge in [-0.15, -0.1) is 0 Å². The molecule has 2 aromatic heterocycles. The summed E-state index contributed by atoms with van der Waals surface area (Å²) < 4.78 is 12.7. The summed E-state index contributed by atoms with van der Waals surface area (Å²) in [7, 11) is 3.27. The van der Waals surface area contributed by atoms with Gasteiger partial charge in [0.1, 0.15) is 5.75 Å². The summed E-state index contributed by atoms with van der Waals surface area (Å²) >= 11 is 0. The minimum absolute atomic E-state index is 0.517. The van der Waals surface area contributed by atoms with E-state index in [-0.39, 0.29) is 0 Å². The van der Waals surface area contributed by atoms with Crippen molar-refractivity contribution in [2.75, 3.05) is 14.2 Å². The first-order valence-corrected chi connectivity index (χ1v) is 7.26. The van der Waals surface area contributed by atoms with Crippen molar-refractivity contribution in [2.45, 2.75) is 0 Å². The monoisotopic (exact) mass is 305 g/mol. The van der Waals surface area contributed by atoms with Gasteiger partial charge in [0.25, 0.3) is 5.88 Å². The van der Waals surface area contributed by atoms with Gasteiger partial charge in [-0.3, -0.25) is 4.40 Å². The van der Waals surface area contributed by atoms with Gasteiger partial charge >= 0.3 is 0 Å². The Morgan fingerprint density at radius 1 is 0.913 bits per heavy atom. The highest BCUT2D eigenvalue weighted by molar-refractivity contribution is 5.83. The van der Waals surface area contributed by atoms with Crippen molar-refractivity contribution in [1.29, 1.82) is 0 Å². The minimum atomic E-state index is 0.517. The molecule has 0 radical (unpaired) electrons. The van der Waals surface area contributed by atoms with Crippen LogP contribution in [0.5, 0.6) is 11.6 Å². The van der Waals surface area contributed by atoms with E-state index >= 15 is 0 Å². The maximum atomic E-state index is 5.41. The highest BCUT2D eigenvalue weighted by Gasteiger charge is 2.14. The van der Waals surface area contributed by atoms with E-state index in [1.807, 2.05) is 54.7 Å². The third-order valence-corrected chi connectivity index (χ3v) is 3.88. The summed E-state index contributed by atoms with van der Waals surface area (Å²) in [4.78, 5) is 9.03. The molecule has 0 N–H and O–H groups in total. The van der Waals surface area contributed by atoms with Gasteiger partial charge in [-0.2, -0.15) is 0 Å². The topological polar surface area (TPSA) is 48.7 Å². The molecule has 0 amide bonds. The molecule has 4 rings (SSSR count). The number of methoxy groups -OCH3 is 2. The van der Waals surface area contributed by atoms with Crippen LogP contribution < -0.4 is 9.47 Å². The number of hydrogen-bond acceptors (Lipinski definition) is 4. The number of aromatic nitrogens is 3. The zero-order chi connectivity index (χ0) is 15.8. The van der Waals surface area contributed by atoms with E-state index in [0.29, 0.717) is 11.5 Å². The second-order valence-electron chi connectivity index (χ2n) is 5.14. The van der Waals surface area contributed by atoms with Crippen molar-refractivity contribution in [3.63, 3.8) is 0 Å². The van der Waals surface area contributed by atoms with Gasteiger partial charge in [0.2, 0.25) is 5.65 Å². The largest absolute Gasteiger partial charge is 0.497 e. The molecule has 0 fully saturated rings. The molecule has 0 spiro atoms. The van der Waals surface area contributed by atoms with Crippen LogP contribution in [-0.2, 0) is 0 Å². The van der Waals surface area contributed by atoms with Gasteiger partial charge in [0.05, 0.1) is 37.1 Å². The molecule has 0 aliphatic heterocycles. The van der Waals surface area contributed by atoms with Crippen LogP contribution in [0.25, 0.3) is 27.9 Å². The first kappa shape index (κ1) is 13.6. The quantitative estimate of drug-likeness (QED) is 0.580. The molecule has 5 heteroatoms. The first-order valence-electron chi connectivity index (χ1n) is 7.26. The summed E-state index contributed by atoms with van der Waals surface area (Å²) in [5.41, 5.74) is 4.60. The fraction of sp³-hybridized carbons (Fsp3) is 0.111. The predicted molar refractivity (Wildman–Crippen MR) is 89.0 cm³/mol. The molecule has 0 bridgehead atoms. The summed E-state index contributed by atoms with van der Waals surface area (Å²) in [5.74, 6) is 1.34. The Balaban J connectivity index is 2.05. The zero-order valence-corrected chi connectivity index (χ0v) is 12.9. The third-order valence-electron chi connectivity index (χ3n) is 3.88. The van der Waals surface area contributed by atoms with Gasteiger partial charge in [-0.05, 0) is 36.4 Å². The standard InChI is InChI=1S/C18H15N3O2/c1-22-13-9-7-12(8-10-13)16-11-19-17-18(23-2)20-14-5-3-4-6-15(14)21(16)17/h3-11H,1-2H3. The lowest BCUT2D eigenvalue weighted by Crippen LogP contribution is -1.98. The van der Waals surface area contributed by atoms with Crippen molar-refractivity contribution >= 4 is 16.7 Å². The van der Waals surface area contributed by atoms with Crippen LogP contribution in [0, 0.1) is 0 Å². The van der Waals surface area contributed by atoms with Gasteiger partial charge in [0, 0.05) is 5.56 Å². The molecule has 2 aromatic carbocycles. The smallest absolute Gasteiger partial charge is 0.258 e.